The number of ketones is 1. The van der Waals surface area contributed by atoms with Crippen LogP contribution in [0.3, 0.4) is 0 Å². The molecule has 0 spiro atoms. The van der Waals surface area contributed by atoms with Gasteiger partial charge in [-0.25, -0.2) is 4.39 Å². The van der Waals surface area contributed by atoms with Crippen molar-refractivity contribution in [2.75, 3.05) is 33.0 Å². The first-order valence-corrected chi connectivity index (χ1v) is 10.2. The number of nitrogens with zero attached hydrogens (tertiary/aromatic N) is 1. The molecule has 150 valence electrons. The second-order valence-corrected chi connectivity index (χ2v) is 8.20. The Balaban J connectivity index is 1.78. The zero-order valence-corrected chi connectivity index (χ0v) is 16.7. The van der Waals surface area contributed by atoms with Gasteiger partial charge in [-0.15, -0.1) is 0 Å². The van der Waals surface area contributed by atoms with Gasteiger partial charge in [0.15, 0.2) is 12.5 Å². The number of benzene rings is 1. The van der Waals surface area contributed by atoms with E-state index in [4.69, 9.17) is 9.47 Å². The fourth-order valence-corrected chi connectivity index (χ4v) is 4.60. The van der Waals surface area contributed by atoms with Crippen molar-refractivity contribution in [1.82, 2.24) is 4.90 Å². The molecule has 0 saturated carbocycles. The molecule has 1 saturated heterocycles. The highest BCUT2D eigenvalue weighted by Crippen LogP contribution is 2.41. The normalized spacial score (nSPS) is 25.1. The molecule has 2 aliphatic heterocycles. The van der Waals surface area contributed by atoms with Gasteiger partial charge in [0.2, 0.25) is 0 Å². The maximum atomic E-state index is 12.6. The summed E-state index contributed by atoms with van der Waals surface area (Å²) >= 11 is 0. The molecule has 0 aromatic heterocycles. The lowest BCUT2D eigenvalue weighted by molar-refractivity contribution is -0.131. The topological polar surface area (TPSA) is 38.8 Å². The Morgan fingerprint density at radius 2 is 2.19 bits per heavy atom. The first-order chi connectivity index (χ1) is 13.0. The molecule has 2 aliphatic rings. The molecule has 0 amide bonds. The number of piperidine rings is 1. The molecule has 0 unspecified atom stereocenters. The highest BCUT2D eigenvalue weighted by molar-refractivity contribution is 5.80. The van der Waals surface area contributed by atoms with E-state index in [0.717, 1.165) is 38.1 Å². The lowest BCUT2D eigenvalue weighted by Gasteiger charge is -2.47. The summed E-state index contributed by atoms with van der Waals surface area (Å²) in [7, 11) is 0. The molecule has 0 radical (unpaired) electrons. The summed E-state index contributed by atoms with van der Waals surface area (Å²) in [5.41, 5.74) is 2.70. The minimum atomic E-state index is -0.944. The standard InChI is InChI=1S/C22H32FNO3/c1-4-26-19-5-6-20-16(10-19)7-8-24-13-17(9-15(2)3)22(11-21(20)24)27-14-18(25)12-23/h5-6,10,15,17,21-22H,4,7-9,11-14H2,1-3H3/t17-,21+,22-/m1/s1/i23-1. The van der Waals surface area contributed by atoms with E-state index in [0.29, 0.717) is 24.5 Å². The molecule has 0 aliphatic carbocycles. The summed E-state index contributed by atoms with van der Waals surface area (Å²) in [6.45, 7) is 8.07. The zero-order valence-electron chi connectivity index (χ0n) is 16.7. The van der Waals surface area contributed by atoms with Crippen molar-refractivity contribution >= 4 is 5.78 Å². The number of fused-ring (bicyclic) bond motifs is 3. The smallest absolute Gasteiger partial charge is 0.189 e. The average molecular weight is 377 g/mol. The van der Waals surface area contributed by atoms with Gasteiger partial charge in [-0.05, 0) is 61.3 Å². The predicted octanol–water partition coefficient (Wildman–Crippen LogP) is 3.97. The molecular formula is C22H32FNO3. The van der Waals surface area contributed by atoms with Crippen molar-refractivity contribution in [2.24, 2.45) is 11.8 Å². The highest BCUT2D eigenvalue weighted by Gasteiger charge is 2.39. The fourth-order valence-electron chi connectivity index (χ4n) is 4.60. The van der Waals surface area contributed by atoms with Crippen molar-refractivity contribution in [3.63, 3.8) is 0 Å². The fraction of sp³-hybridized carbons (Fsp3) is 0.682. The van der Waals surface area contributed by atoms with E-state index in [9.17, 15) is 9.18 Å². The number of hydrogen-bond donors (Lipinski definition) is 0. The SMILES string of the molecule is CCOc1ccc2c(c1)CCN1C[C@@H](CC(C)C)[C@H](OCC(=O)C[18F])C[C@@H]21. The number of carbonyl (C=O) groups excluding carboxylic acids is 1. The largest absolute Gasteiger partial charge is 0.494 e. The van der Waals surface area contributed by atoms with Crippen molar-refractivity contribution in [3.05, 3.63) is 29.3 Å². The Kier molecular flexibility index (Phi) is 6.88. The first kappa shape index (κ1) is 20.3. The number of rotatable bonds is 8. The van der Waals surface area contributed by atoms with Crippen LogP contribution in [0.15, 0.2) is 18.2 Å². The summed E-state index contributed by atoms with van der Waals surface area (Å²) in [5, 5.41) is 0. The number of carbonyl (C=O) groups is 1. The Labute approximate surface area is 162 Å². The van der Waals surface area contributed by atoms with E-state index in [1.165, 1.54) is 11.1 Å². The number of hydrogen-bond acceptors (Lipinski definition) is 4. The number of Topliss-reactive ketones (excluding diaryl/α,β-unsaturated/α-hetero) is 1. The van der Waals surface area contributed by atoms with Crippen LogP contribution >= 0.6 is 0 Å². The lowest BCUT2D eigenvalue weighted by atomic mass is 9.79. The van der Waals surface area contributed by atoms with Gasteiger partial charge in [0.25, 0.3) is 0 Å². The third kappa shape index (κ3) is 4.88. The van der Waals surface area contributed by atoms with Gasteiger partial charge in [0, 0.05) is 19.1 Å². The number of alkyl halides is 1. The molecule has 2 heterocycles. The summed E-state index contributed by atoms with van der Waals surface area (Å²) in [5.74, 6) is 1.42. The molecule has 1 aromatic rings. The van der Waals surface area contributed by atoms with Gasteiger partial charge in [0.05, 0.1) is 12.7 Å². The number of ether oxygens (including phenoxy) is 2. The van der Waals surface area contributed by atoms with Crippen molar-refractivity contribution < 1.29 is 18.7 Å². The highest BCUT2D eigenvalue weighted by atomic mass is 18.2. The maximum Gasteiger partial charge on any atom is 0.189 e. The van der Waals surface area contributed by atoms with Crippen LogP contribution in [0.5, 0.6) is 5.75 Å². The summed E-state index contributed by atoms with van der Waals surface area (Å²) in [6.07, 6.45) is 2.96. The molecule has 0 bridgehead atoms. The second kappa shape index (κ2) is 9.16. The van der Waals surface area contributed by atoms with E-state index in [-0.39, 0.29) is 12.7 Å². The molecule has 4 nitrogen and oxygen atoms in total. The van der Waals surface area contributed by atoms with E-state index in [2.05, 4.69) is 36.9 Å². The lowest BCUT2D eigenvalue weighted by Crippen LogP contribution is -2.49. The van der Waals surface area contributed by atoms with Crippen LogP contribution in [0.25, 0.3) is 0 Å². The Hall–Kier alpha value is -1.46. The van der Waals surface area contributed by atoms with E-state index >= 15 is 0 Å². The van der Waals surface area contributed by atoms with Crippen LogP contribution < -0.4 is 4.74 Å². The van der Waals surface area contributed by atoms with Crippen LogP contribution in [-0.4, -0.2) is 49.8 Å². The first-order valence-electron chi connectivity index (χ1n) is 10.2. The van der Waals surface area contributed by atoms with Gasteiger partial charge in [-0.1, -0.05) is 19.9 Å². The van der Waals surface area contributed by atoms with Gasteiger partial charge in [-0.3, -0.25) is 9.69 Å². The van der Waals surface area contributed by atoms with E-state index in [1.54, 1.807) is 0 Å². The monoisotopic (exact) mass is 376 g/mol. The van der Waals surface area contributed by atoms with Gasteiger partial charge in [-0.2, -0.15) is 0 Å². The molecule has 1 aromatic carbocycles. The Morgan fingerprint density at radius 1 is 1.37 bits per heavy atom. The quantitative estimate of drug-likeness (QED) is 0.688. The third-order valence-corrected chi connectivity index (χ3v) is 5.73. The molecular weight excluding hydrogens is 344 g/mol. The molecule has 27 heavy (non-hydrogen) atoms. The zero-order chi connectivity index (χ0) is 19.4. The van der Waals surface area contributed by atoms with Crippen molar-refractivity contribution in [2.45, 2.75) is 52.2 Å². The molecule has 3 rings (SSSR count). The van der Waals surface area contributed by atoms with Gasteiger partial charge >= 0.3 is 0 Å². The minimum Gasteiger partial charge on any atom is -0.494 e. The van der Waals surface area contributed by atoms with Crippen molar-refractivity contribution in [1.29, 1.82) is 0 Å². The Bertz CT molecular complexity index is 648. The van der Waals surface area contributed by atoms with E-state index in [1.807, 2.05) is 6.92 Å². The minimum absolute atomic E-state index is 0.00154. The third-order valence-electron chi connectivity index (χ3n) is 5.73. The Morgan fingerprint density at radius 3 is 2.89 bits per heavy atom. The average Bonchev–Trinajstić information content (AvgIpc) is 2.65. The summed E-state index contributed by atoms with van der Waals surface area (Å²) in [4.78, 5) is 14.0. The number of halogens is 1. The van der Waals surface area contributed by atoms with Crippen LogP contribution in [0.2, 0.25) is 0 Å². The van der Waals surface area contributed by atoms with Crippen LogP contribution in [0.1, 0.15) is 50.8 Å². The van der Waals surface area contributed by atoms with Gasteiger partial charge < -0.3 is 9.47 Å². The summed E-state index contributed by atoms with van der Waals surface area (Å²) < 4.78 is 24.2. The second-order valence-electron chi connectivity index (χ2n) is 8.20. The van der Waals surface area contributed by atoms with E-state index < -0.39 is 12.5 Å². The van der Waals surface area contributed by atoms with Crippen LogP contribution in [0.4, 0.5) is 4.39 Å². The molecule has 3 atom stereocenters. The molecule has 5 heteroatoms. The van der Waals surface area contributed by atoms with Crippen LogP contribution in [0, 0.1) is 11.8 Å². The maximum absolute atomic E-state index is 12.6. The molecule has 0 N–H and O–H groups in total. The van der Waals surface area contributed by atoms with Gasteiger partial charge in [0.1, 0.15) is 12.4 Å². The predicted molar refractivity (Wildman–Crippen MR) is 104 cm³/mol. The van der Waals surface area contributed by atoms with Crippen molar-refractivity contribution in [3.8, 4) is 5.75 Å². The van der Waals surface area contributed by atoms with Crippen LogP contribution in [-0.2, 0) is 16.0 Å². The summed E-state index contributed by atoms with van der Waals surface area (Å²) in [6, 6.07) is 6.70. The molecule has 1 fully saturated rings.